The highest BCUT2D eigenvalue weighted by molar-refractivity contribution is 7.89. The van der Waals surface area contributed by atoms with E-state index in [0.29, 0.717) is 29.9 Å². The Morgan fingerprint density at radius 3 is 2.73 bits per heavy atom. The summed E-state index contributed by atoms with van der Waals surface area (Å²) in [6.07, 6.45) is 3.97. The van der Waals surface area contributed by atoms with Gasteiger partial charge in [-0.2, -0.15) is 4.31 Å². The van der Waals surface area contributed by atoms with Gasteiger partial charge in [0.2, 0.25) is 10.0 Å². The van der Waals surface area contributed by atoms with Crippen LogP contribution in [-0.4, -0.2) is 44.9 Å². The molecule has 8 heteroatoms. The summed E-state index contributed by atoms with van der Waals surface area (Å²) in [7, 11) is -2.12. The third kappa shape index (κ3) is 3.93. The summed E-state index contributed by atoms with van der Waals surface area (Å²) in [5.74, 6) is 0.360. The van der Waals surface area contributed by atoms with E-state index in [1.54, 1.807) is 54.8 Å². The number of hydrogen-bond acceptors (Lipinski definition) is 5. The second kappa shape index (κ2) is 8.49. The van der Waals surface area contributed by atoms with Crippen molar-refractivity contribution in [1.29, 1.82) is 0 Å². The first-order chi connectivity index (χ1) is 14.5. The van der Waals surface area contributed by atoms with Crippen molar-refractivity contribution in [2.75, 3.05) is 20.2 Å². The maximum Gasteiger partial charge on any atom is 0.252 e. The van der Waals surface area contributed by atoms with Crippen molar-refractivity contribution in [1.82, 2.24) is 9.62 Å². The van der Waals surface area contributed by atoms with Gasteiger partial charge in [-0.1, -0.05) is 12.5 Å². The minimum Gasteiger partial charge on any atom is -0.497 e. The molecule has 1 unspecified atom stereocenters. The molecule has 1 aliphatic heterocycles. The van der Waals surface area contributed by atoms with Crippen LogP contribution in [0.5, 0.6) is 5.75 Å². The number of fused-ring (bicyclic) bond motifs is 1. The highest BCUT2D eigenvalue weighted by Gasteiger charge is 2.33. The van der Waals surface area contributed by atoms with Gasteiger partial charge in [0, 0.05) is 24.5 Å². The van der Waals surface area contributed by atoms with E-state index in [4.69, 9.17) is 9.15 Å². The largest absolute Gasteiger partial charge is 0.497 e. The van der Waals surface area contributed by atoms with Crippen LogP contribution < -0.4 is 10.1 Å². The molecule has 4 rings (SSSR count). The molecule has 1 N–H and O–H groups in total. The first-order valence-corrected chi connectivity index (χ1v) is 11.3. The zero-order chi connectivity index (χ0) is 21.1. The molecule has 2 aromatic carbocycles. The summed E-state index contributed by atoms with van der Waals surface area (Å²) in [4.78, 5) is 13.0. The molecule has 1 fully saturated rings. The zero-order valence-corrected chi connectivity index (χ0v) is 17.5. The standard InChI is InChI=1S/C22H24N2O5S/c1-28-17-8-10-18(11-9-17)30(26,27)24-13-3-2-5-16(24)15-23-22(25)20-6-4-7-21-19(20)12-14-29-21/h4,6-12,14,16H,2-3,5,13,15H2,1H3,(H,23,25). The summed E-state index contributed by atoms with van der Waals surface area (Å²) in [5.41, 5.74) is 1.16. The molecule has 2 heterocycles. The summed E-state index contributed by atoms with van der Waals surface area (Å²) >= 11 is 0. The third-order valence-electron chi connectivity index (χ3n) is 5.48. The molecule has 0 radical (unpaired) electrons. The summed E-state index contributed by atoms with van der Waals surface area (Å²) < 4.78 is 38.4. The number of rotatable bonds is 6. The number of nitrogens with one attached hydrogen (secondary N) is 1. The van der Waals surface area contributed by atoms with Gasteiger partial charge in [-0.3, -0.25) is 4.79 Å². The van der Waals surface area contributed by atoms with Gasteiger partial charge >= 0.3 is 0 Å². The van der Waals surface area contributed by atoms with Gasteiger partial charge in [-0.25, -0.2) is 8.42 Å². The molecular formula is C22H24N2O5S. The quantitative estimate of drug-likeness (QED) is 0.650. The van der Waals surface area contributed by atoms with E-state index in [1.165, 1.54) is 11.4 Å². The highest BCUT2D eigenvalue weighted by Crippen LogP contribution is 2.26. The van der Waals surface area contributed by atoms with Crippen LogP contribution in [0.1, 0.15) is 29.6 Å². The number of carbonyl (C=O) groups is 1. The maximum absolute atomic E-state index is 13.2. The summed E-state index contributed by atoms with van der Waals surface area (Å²) in [5, 5.41) is 3.65. The number of hydrogen-bond donors (Lipinski definition) is 1. The maximum atomic E-state index is 13.2. The van der Waals surface area contributed by atoms with Crippen molar-refractivity contribution in [3.63, 3.8) is 0 Å². The smallest absolute Gasteiger partial charge is 0.252 e. The molecule has 7 nitrogen and oxygen atoms in total. The number of ether oxygens (including phenoxy) is 1. The fourth-order valence-electron chi connectivity index (χ4n) is 3.88. The van der Waals surface area contributed by atoms with E-state index in [0.717, 1.165) is 18.2 Å². The van der Waals surface area contributed by atoms with Crippen LogP contribution in [-0.2, 0) is 10.0 Å². The second-order valence-corrected chi connectivity index (χ2v) is 9.18. The number of furan rings is 1. The van der Waals surface area contributed by atoms with Gasteiger partial charge in [0.25, 0.3) is 5.91 Å². The normalized spacial score (nSPS) is 17.7. The van der Waals surface area contributed by atoms with Crippen LogP contribution in [0.4, 0.5) is 0 Å². The third-order valence-corrected chi connectivity index (χ3v) is 7.44. The average molecular weight is 429 g/mol. The molecule has 0 aliphatic carbocycles. The van der Waals surface area contributed by atoms with Crippen molar-refractivity contribution in [3.05, 3.63) is 60.4 Å². The molecule has 1 saturated heterocycles. The van der Waals surface area contributed by atoms with Crippen molar-refractivity contribution < 1.29 is 22.4 Å². The minimum atomic E-state index is -3.66. The average Bonchev–Trinajstić information content (AvgIpc) is 3.26. The number of methoxy groups -OCH3 is 1. The Hall–Kier alpha value is -2.84. The Morgan fingerprint density at radius 2 is 1.97 bits per heavy atom. The molecule has 1 aliphatic rings. The van der Waals surface area contributed by atoms with Crippen LogP contribution in [0, 0.1) is 0 Å². The molecule has 30 heavy (non-hydrogen) atoms. The lowest BCUT2D eigenvalue weighted by molar-refractivity contribution is 0.0941. The van der Waals surface area contributed by atoms with Crippen LogP contribution >= 0.6 is 0 Å². The van der Waals surface area contributed by atoms with Crippen molar-refractivity contribution in [2.24, 2.45) is 0 Å². The van der Waals surface area contributed by atoms with E-state index in [-0.39, 0.29) is 23.4 Å². The lowest BCUT2D eigenvalue weighted by Gasteiger charge is -2.34. The van der Waals surface area contributed by atoms with E-state index < -0.39 is 10.0 Å². The Kier molecular flexibility index (Phi) is 5.78. The highest BCUT2D eigenvalue weighted by atomic mass is 32.2. The van der Waals surface area contributed by atoms with Gasteiger partial charge in [-0.05, 0) is 55.3 Å². The van der Waals surface area contributed by atoms with Gasteiger partial charge in [0.15, 0.2) is 0 Å². The number of piperidine rings is 1. The fourth-order valence-corrected chi connectivity index (χ4v) is 5.57. The Bertz CT molecular complexity index is 1140. The topological polar surface area (TPSA) is 88.9 Å². The Morgan fingerprint density at radius 1 is 1.17 bits per heavy atom. The summed E-state index contributed by atoms with van der Waals surface area (Å²) in [6, 6.07) is 13.1. The van der Waals surface area contributed by atoms with Crippen molar-refractivity contribution >= 4 is 26.9 Å². The number of amides is 1. The molecule has 1 amide bonds. The first kappa shape index (κ1) is 20.4. The fraction of sp³-hybridized carbons (Fsp3) is 0.318. The lowest BCUT2D eigenvalue weighted by Crippen LogP contribution is -2.49. The monoisotopic (exact) mass is 428 g/mol. The molecule has 0 spiro atoms. The molecule has 0 saturated carbocycles. The van der Waals surface area contributed by atoms with E-state index in [1.807, 2.05) is 0 Å². The molecule has 0 bridgehead atoms. The van der Waals surface area contributed by atoms with Crippen LogP contribution in [0.2, 0.25) is 0 Å². The predicted octanol–water partition coefficient (Wildman–Crippen LogP) is 3.41. The zero-order valence-electron chi connectivity index (χ0n) is 16.7. The lowest BCUT2D eigenvalue weighted by atomic mass is 10.0. The molecule has 158 valence electrons. The SMILES string of the molecule is COc1ccc(S(=O)(=O)N2CCCCC2CNC(=O)c2cccc3occc23)cc1. The second-order valence-electron chi connectivity index (χ2n) is 7.29. The number of benzene rings is 2. The van der Waals surface area contributed by atoms with Gasteiger partial charge < -0.3 is 14.5 Å². The first-order valence-electron chi connectivity index (χ1n) is 9.91. The van der Waals surface area contributed by atoms with Gasteiger partial charge in [0.1, 0.15) is 11.3 Å². The van der Waals surface area contributed by atoms with E-state index in [9.17, 15) is 13.2 Å². The Labute approximate surface area is 175 Å². The molecular weight excluding hydrogens is 404 g/mol. The van der Waals surface area contributed by atoms with Crippen molar-refractivity contribution in [2.45, 2.75) is 30.2 Å². The van der Waals surface area contributed by atoms with Gasteiger partial charge in [0.05, 0.1) is 23.8 Å². The van der Waals surface area contributed by atoms with Crippen LogP contribution in [0.3, 0.4) is 0 Å². The van der Waals surface area contributed by atoms with Crippen molar-refractivity contribution in [3.8, 4) is 5.75 Å². The van der Waals surface area contributed by atoms with E-state index in [2.05, 4.69) is 5.32 Å². The molecule has 1 aromatic heterocycles. The van der Waals surface area contributed by atoms with Gasteiger partial charge in [-0.15, -0.1) is 0 Å². The van der Waals surface area contributed by atoms with Crippen LogP contribution in [0.15, 0.2) is 64.1 Å². The number of sulfonamides is 1. The molecule has 3 aromatic rings. The van der Waals surface area contributed by atoms with Crippen LogP contribution in [0.25, 0.3) is 11.0 Å². The predicted molar refractivity (Wildman–Crippen MR) is 113 cm³/mol. The van der Waals surface area contributed by atoms with E-state index >= 15 is 0 Å². The minimum absolute atomic E-state index is 0.227. The molecule has 1 atom stereocenters. The number of carbonyl (C=O) groups excluding carboxylic acids is 1. The number of nitrogens with zero attached hydrogens (tertiary/aromatic N) is 1. The summed E-state index contributed by atoms with van der Waals surface area (Å²) in [6.45, 7) is 0.689. The Balaban J connectivity index is 1.51.